The van der Waals surface area contributed by atoms with Crippen LogP contribution in [0, 0.1) is 6.92 Å². The van der Waals surface area contributed by atoms with Gasteiger partial charge in [-0.3, -0.25) is 4.79 Å². The molecular weight excluding hydrogens is 168 g/mol. The van der Waals surface area contributed by atoms with Crippen LogP contribution in [0.3, 0.4) is 0 Å². The van der Waals surface area contributed by atoms with Gasteiger partial charge in [-0.1, -0.05) is 20.3 Å². The zero-order valence-corrected chi connectivity index (χ0v) is 8.51. The first-order valence-corrected chi connectivity index (χ1v) is 4.75. The first-order chi connectivity index (χ1) is 6.04. The fourth-order valence-electron chi connectivity index (χ4n) is 0.987. The van der Waals surface area contributed by atoms with Gasteiger partial charge in [-0.15, -0.1) is 0 Å². The second-order valence-corrected chi connectivity index (χ2v) is 3.31. The third-order valence-corrected chi connectivity index (χ3v) is 2.02. The molecule has 0 rings (SSSR count). The lowest BCUT2D eigenvalue weighted by Crippen LogP contribution is -2.31. The molecule has 0 spiro atoms. The monoisotopic (exact) mass is 187 g/mol. The van der Waals surface area contributed by atoms with Crippen LogP contribution in [0.25, 0.3) is 0 Å². The number of hydrogen-bond donors (Lipinski definition) is 1. The van der Waals surface area contributed by atoms with Crippen LogP contribution in [0.2, 0.25) is 0 Å². The van der Waals surface area contributed by atoms with E-state index < -0.39 is 11.6 Å². The van der Waals surface area contributed by atoms with E-state index in [-0.39, 0.29) is 6.42 Å². The van der Waals surface area contributed by atoms with Gasteiger partial charge in [0.2, 0.25) is 0 Å². The quantitative estimate of drug-likeness (QED) is 0.622. The van der Waals surface area contributed by atoms with E-state index in [2.05, 4.69) is 13.8 Å². The molecule has 3 nitrogen and oxygen atoms in total. The highest BCUT2D eigenvalue weighted by atomic mass is 16.5. The van der Waals surface area contributed by atoms with E-state index in [1.807, 2.05) is 6.92 Å². The lowest BCUT2D eigenvalue weighted by atomic mass is 9.99. The first kappa shape index (κ1) is 12.4. The number of aliphatic carboxylic acids is 1. The summed E-state index contributed by atoms with van der Waals surface area (Å²) < 4.78 is 5.44. The van der Waals surface area contributed by atoms with Gasteiger partial charge in [0.15, 0.2) is 0 Å². The van der Waals surface area contributed by atoms with Crippen molar-refractivity contribution < 1.29 is 14.6 Å². The smallest absolute Gasteiger partial charge is 0.306 e. The Balaban J connectivity index is 3.88. The summed E-state index contributed by atoms with van der Waals surface area (Å²) in [5, 5.41) is 8.62. The summed E-state index contributed by atoms with van der Waals surface area (Å²) in [6.45, 7) is 8.35. The fourth-order valence-corrected chi connectivity index (χ4v) is 0.987. The van der Waals surface area contributed by atoms with Crippen molar-refractivity contribution in [2.45, 2.75) is 45.1 Å². The number of hydrogen-bond acceptors (Lipinski definition) is 2. The molecular formula is C10H19O3. The zero-order valence-electron chi connectivity index (χ0n) is 8.51. The van der Waals surface area contributed by atoms with Crippen LogP contribution in [-0.4, -0.2) is 23.3 Å². The van der Waals surface area contributed by atoms with Crippen molar-refractivity contribution >= 4 is 5.97 Å². The number of carboxylic acid groups (broad SMARTS) is 1. The van der Waals surface area contributed by atoms with Crippen LogP contribution >= 0.6 is 0 Å². The second-order valence-electron chi connectivity index (χ2n) is 3.31. The van der Waals surface area contributed by atoms with Gasteiger partial charge < -0.3 is 9.84 Å². The predicted octanol–water partition coefficient (Wildman–Crippen LogP) is 2.26. The summed E-state index contributed by atoms with van der Waals surface area (Å²) in [6.07, 6.45) is 2.61. The second kappa shape index (κ2) is 5.97. The van der Waals surface area contributed by atoms with Crippen molar-refractivity contribution in [1.82, 2.24) is 0 Å². The number of carbonyl (C=O) groups is 1. The minimum absolute atomic E-state index is 0.0206. The molecule has 0 aliphatic rings. The van der Waals surface area contributed by atoms with Crippen LogP contribution in [0.4, 0.5) is 0 Å². The topological polar surface area (TPSA) is 46.5 Å². The van der Waals surface area contributed by atoms with Crippen molar-refractivity contribution in [1.29, 1.82) is 0 Å². The maximum Gasteiger partial charge on any atom is 0.306 e. The Morgan fingerprint density at radius 2 is 2.15 bits per heavy atom. The number of ether oxygens (including phenoxy) is 1. The van der Waals surface area contributed by atoms with Crippen LogP contribution < -0.4 is 0 Å². The lowest BCUT2D eigenvalue weighted by Gasteiger charge is -2.26. The van der Waals surface area contributed by atoms with Gasteiger partial charge in [-0.05, 0) is 19.8 Å². The molecule has 77 valence electrons. The first-order valence-electron chi connectivity index (χ1n) is 4.75. The van der Waals surface area contributed by atoms with Gasteiger partial charge in [-0.25, -0.2) is 0 Å². The van der Waals surface area contributed by atoms with Crippen LogP contribution in [-0.2, 0) is 9.53 Å². The van der Waals surface area contributed by atoms with Gasteiger partial charge in [0.05, 0.1) is 12.0 Å². The predicted molar refractivity (Wildman–Crippen MR) is 51.5 cm³/mol. The molecule has 0 aromatic heterocycles. The summed E-state index contributed by atoms with van der Waals surface area (Å²) in [7, 11) is 0. The maximum absolute atomic E-state index is 10.5. The van der Waals surface area contributed by atoms with Gasteiger partial charge in [0.25, 0.3) is 0 Å². The number of carboxylic acids is 1. The molecule has 0 heterocycles. The van der Waals surface area contributed by atoms with E-state index in [4.69, 9.17) is 9.84 Å². The van der Waals surface area contributed by atoms with Crippen molar-refractivity contribution in [2.75, 3.05) is 6.61 Å². The van der Waals surface area contributed by atoms with Gasteiger partial charge in [0.1, 0.15) is 0 Å². The Bertz CT molecular complexity index is 156. The van der Waals surface area contributed by atoms with E-state index in [0.717, 1.165) is 12.8 Å². The Hall–Kier alpha value is -0.570. The molecule has 1 atom stereocenters. The molecule has 0 saturated carbocycles. The Labute approximate surface area is 80.1 Å². The van der Waals surface area contributed by atoms with Gasteiger partial charge in [0, 0.05) is 6.61 Å². The maximum atomic E-state index is 10.5. The third-order valence-electron chi connectivity index (χ3n) is 2.02. The minimum Gasteiger partial charge on any atom is -0.481 e. The van der Waals surface area contributed by atoms with Gasteiger partial charge >= 0.3 is 5.97 Å². The van der Waals surface area contributed by atoms with E-state index in [9.17, 15) is 4.79 Å². The molecule has 1 radical (unpaired) electrons. The Morgan fingerprint density at radius 3 is 2.54 bits per heavy atom. The molecule has 1 N–H and O–H groups in total. The van der Waals surface area contributed by atoms with E-state index in [0.29, 0.717) is 13.0 Å². The van der Waals surface area contributed by atoms with Crippen molar-refractivity contribution in [3.05, 3.63) is 6.92 Å². The largest absolute Gasteiger partial charge is 0.481 e. The molecule has 0 saturated heterocycles. The van der Waals surface area contributed by atoms with E-state index in [1.165, 1.54) is 0 Å². The third kappa shape index (κ3) is 5.64. The highest BCUT2D eigenvalue weighted by Gasteiger charge is 2.25. The Kier molecular flexibility index (Phi) is 5.71. The van der Waals surface area contributed by atoms with E-state index >= 15 is 0 Å². The van der Waals surface area contributed by atoms with Crippen molar-refractivity contribution in [3.63, 3.8) is 0 Å². The average molecular weight is 187 g/mol. The zero-order chi connectivity index (χ0) is 10.3. The molecule has 0 bridgehead atoms. The molecule has 1 unspecified atom stereocenters. The molecule has 0 fully saturated rings. The number of rotatable bonds is 7. The molecule has 0 aliphatic carbocycles. The van der Waals surface area contributed by atoms with Crippen molar-refractivity contribution in [3.8, 4) is 0 Å². The molecule has 0 aromatic carbocycles. The summed E-state index contributed by atoms with van der Waals surface area (Å²) in [5.41, 5.74) is -0.735. The normalized spacial score (nSPS) is 15.3. The SMILES string of the molecule is [CH2]C(CC)(CC(=O)O)OCCCC. The summed E-state index contributed by atoms with van der Waals surface area (Å²) in [4.78, 5) is 10.5. The summed E-state index contributed by atoms with van der Waals surface area (Å²) in [6, 6.07) is 0. The standard InChI is InChI=1S/C10H19O3/c1-4-6-7-13-10(3,5-2)8-9(11)12/h3-8H2,1-2H3,(H,11,12). The molecule has 0 aromatic rings. The average Bonchev–Trinajstić information content (AvgIpc) is 2.04. The lowest BCUT2D eigenvalue weighted by molar-refractivity contribution is -0.143. The Morgan fingerprint density at radius 1 is 1.54 bits per heavy atom. The van der Waals surface area contributed by atoms with Gasteiger partial charge in [-0.2, -0.15) is 0 Å². The molecule has 3 heteroatoms. The molecule has 13 heavy (non-hydrogen) atoms. The van der Waals surface area contributed by atoms with E-state index in [1.54, 1.807) is 0 Å². The summed E-state index contributed by atoms with van der Waals surface area (Å²) >= 11 is 0. The molecule has 0 aliphatic heterocycles. The van der Waals surface area contributed by atoms with Crippen LogP contribution in [0.15, 0.2) is 0 Å². The van der Waals surface area contributed by atoms with Crippen LogP contribution in [0.1, 0.15) is 39.5 Å². The highest BCUT2D eigenvalue weighted by molar-refractivity contribution is 5.68. The minimum atomic E-state index is -0.853. The van der Waals surface area contributed by atoms with Crippen LogP contribution in [0.5, 0.6) is 0 Å². The van der Waals surface area contributed by atoms with Crippen molar-refractivity contribution in [2.24, 2.45) is 0 Å². The summed E-state index contributed by atoms with van der Waals surface area (Å²) in [5.74, 6) is -0.853. The number of unbranched alkanes of at least 4 members (excludes halogenated alkanes) is 1. The fraction of sp³-hybridized carbons (Fsp3) is 0.800. The highest BCUT2D eigenvalue weighted by Crippen LogP contribution is 2.19. The molecule has 0 amide bonds.